The van der Waals surface area contributed by atoms with Crippen LogP contribution in [0.4, 0.5) is 17.1 Å². The van der Waals surface area contributed by atoms with Crippen LogP contribution >= 0.6 is 22.6 Å². The molecule has 26 heavy (non-hydrogen) atoms. The number of para-hydroxylation sites is 2. The molecule has 0 heterocycles. The van der Waals surface area contributed by atoms with Gasteiger partial charge in [-0.3, -0.25) is 0 Å². The average molecular weight is 447 g/mol. The number of benzene rings is 4. The second kappa shape index (κ2) is 7.75. The van der Waals surface area contributed by atoms with E-state index >= 15 is 0 Å². The standard InChI is InChI=1S/C24H18IN/c25-21-15-11-19(12-16-21)20-13-17-24(18-14-20)26(22-7-3-1-4-8-22)23-9-5-2-6-10-23/h1-18H. The van der Waals surface area contributed by atoms with Crippen LogP contribution in [0.3, 0.4) is 0 Å². The first-order valence-electron chi connectivity index (χ1n) is 8.57. The summed E-state index contributed by atoms with van der Waals surface area (Å²) in [5, 5.41) is 0. The Kier molecular flexibility index (Phi) is 5.02. The summed E-state index contributed by atoms with van der Waals surface area (Å²) < 4.78 is 1.25. The van der Waals surface area contributed by atoms with Gasteiger partial charge < -0.3 is 4.90 Å². The molecule has 0 aromatic heterocycles. The van der Waals surface area contributed by atoms with Gasteiger partial charge in [0.05, 0.1) is 0 Å². The van der Waals surface area contributed by atoms with Gasteiger partial charge in [-0.15, -0.1) is 0 Å². The van der Waals surface area contributed by atoms with Crippen LogP contribution in [0.25, 0.3) is 11.1 Å². The van der Waals surface area contributed by atoms with Gasteiger partial charge in [0.15, 0.2) is 0 Å². The SMILES string of the molecule is Ic1ccc(-c2ccc(N(c3ccccc3)c3ccccc3)cc2)cc1. The Bertz CT molecular complexity index is 923. The van der Waals surface area contributed by atoms with Crippen LogP contribution in [0.1, 0.15) is 0 Å². The van der Waals surface area contributed by atoms with Crippen molar-refractivity contribution in [3.05, 3.63) is 113 Å². The van der Waals surface area contributed by atoms with Crippen molar-refractivity contribution < 1.29 is 0 Å². The number of hydrogen-bond donors (Lipinski definition) is 0. The molecule has 0 aliphatic heterocycles. The lowest BCUT2D eigenvalue weighted by Gasteiger charge is -2.25. The molecule has 2 heteroatoms. The zero-order valence-corrected chi connectivity index (χ0v) is 16.4. The molecule has 0 amide bonds. The van der Waals surface area contributed by atoms with Crippen LogP contribution < -0.4 is 4.90 Å². The van der Waals surface area contributed by atoms with Gasteiger partial charge in [0, 0.05) is 20.6 Å². The van der Waals surface area contributed by atoms with Gasteiger partial charge in [0.2, 0.25) is 0 Å². The molecule has 0 N–H and O–H groups in total. The largest absolute Gasteiger partial charge is 0.311 e. The number of anilines is 3. The molecule has 4 aromatic rings. The molecular weight excluding hydrogens is 429 g/mol. The molecule has 0 fully saturated rings. The van der Waals surface area contributed by atoms with Gasteiger partial charge in [-0.2, -0.15) is 0 Å². The highest BCUT2D eigenvalue weighted by molar-refractivity contribution is 14.1. The van der Waals surface area contributed by atoms with E-state index in [2.05, 4.69) is 125 Å². The van der Waals surface area contributed by atoms with E-state index in [9.17, 15) is 0 Å². The Morgan fingerprint density at radius 3 is 1.27 bits per heavy atom. The molecule has 0 aliphatic carbocycles. The van der Waals surface area contributed by atoms with Crippen molar-refractivity contribution >= 4 is 39.7 Å². The van der Waals surface area contributed by atoms with Gasteiger partial charge >= 0.3 is 0 Å². The number of rotatable bonds is 4. The minimum atomic E-state index is 1.15. The second-order valence-electron chi connectivity index (χ2n) is 6.06. The summed E-state index contributed by atoms with van der Waals surface area (Å²) in [5.41, 5.74) is 5.92. The summed E-state index contributed by atoms with van der Waals surface area (Å²) in [5.74, 6) is 0. The fourth-order valence-electron chi connectivity index (χ4n) is 3.05. The molecule has 0 spiro atoms. The third-order valence-corrected chi connectivity index (χ3v) is 5.05. The Labute approximate surface area is 168 Å². The molecule has 126 valence electrons. The van der Waals surface area contributed by atoms with Crippen molar-refractivity contribution in [3.8, 4) is 11.1 Å². The number of hydrogen-bond acceptors (Lipinski definition) is 1. The van der Waals surface area contributed by atoms with E-state index in [0.29, 0.717) is 0 Å². The van der Waals surface area contributed by atoms with Gasteiger partial charge in [0.25, 0.3) is 0 Å². The third-order valence-electron chi connectivity index (χ3n) is 4.33. The Morgan fingerprint density at radius 1 is 0.423 bits per heavy atom. The van der Waals surface area contributed by atoms with Crippen molar-refractivity contribution in [2.24, 2.45) is 0 Å². The van der Waals surface area contributed by atoms with Crippen molar-refractivity contribution in [1.29, 1.82) is 0 Å². The Hall–Kier alpha value is -2.59. The van der Waals surface area contributed by atoms with Crippen molar-refractivity contribution in [1.82, 2.24) is 0 Å². The predicted molar refractivity (Wildman–Crippen MR) is 119 cm³/mol. The van der Waals surface area contributed by atoms with Crippen molar-refractivity contribution in [2.45, 2.75) is 0 Å². The highest BCUT2D eigenvalue weighted by Crippen LogP contribution is 2.35. The second-order valence-corrected chi connectivity index (χ2v) is 7.31. The Morgan fingerprint density at radius 2 is 0.808 bits per heavy atom. The van der Waals surface area contributed by atoms with E-state index in [1.807, 2.05) is 12.1 Å². The first-order valence-corrected chi connectivity index (χ1v) is 9.65. The summed E-state index contributed by atoms with van der Waals surface area (Å²) in [4.78, 5) is 2.28. The minimum Gasteiger partial charge on any atom is -0.311 e. The smallest absolute Gasteiger partial charge is 0.0462 e. The zero-order valence-electron chi connectivity index (χ0n) is 14.2. The quantitative estimate of drug-likeness (QED) is 0.294. The van der Waals surface area contributed by atoms with E-state index in [1.165, 1.54) is 14.7 Å². The summed E-state index contributed by atoms with van der Waals surface area (Å²) >= 11 is 2.34. The Balaban J connectivity index is 1.73. The highest BCUT2D eigenvalue weighted by Gasteiger charge is 2.11. The monoisotopic (exact) mass is 447 g/mol. The van der Waals surface area contributed by atoms with Crippen LogP contribution in [0.15, 0.2) is 109 Å². The summed E-state index contributed by atoms with van der Waals surface area (Å²) in [6.07, 6.45) is 0. The summed E-state index contributed by atoms with van der Waals surface area (Å²) in [6, 6.07) is 38.3. The van der Waals surface area contributed by atoms with E-state index in [1.54, 1.807) is 0 Å². The third kappa shape index (κ3) is 3.65. The summed E-state index contributed by atoms with van der Waals surface area (Å²) in [6.45, 7) is 0. The number of nitrogens with zero attached hydrogens (tertiary/aromatic N) is 1. The normalized spacial score (nSPS) is 10.5. The maximum absolute atomic E-state index is 2.34. The highest BCUT2D eigenvalue weighted by atomic mass is 127. The molecule has 0 unspecified atom stereocenters. The molecule has 0 bridgehead atoms. The minimum absolute atomic E-state index is 1.15. The van der Waals surface area contributed by atoms with Crippen LogP contribution in [-0.2, 0) is 0 Å². The molecule has 0 saturated carbocycles. The van der Waals surface area contributed by atoms with Crippen LogP contribution in [0.5, 0.6) is 0 Å². The number of halogens is 1. The molecule has 1 nitrogen and oxygen atoms in total. The molecule has 0 radical (unpaired) electrons. The van der Waals surface area contributed by atoms with Crippen molar-refractivity contribution in [3.63, 3.8) is 0 Å². The molecule has 0 atom stereocenters. The fourth-order valence-corrected chi connectivity index (χ4v) is 3.41. The van der Waals surface area contributed by atoms with Gasteiger partial charge in [-0.1, -0.05) is 60.7 Å². The molecule has 4 rings (SSSR count). The maximum Gasteiger partial charge on any atom is 0.0462 e. The maximum atomic E-state index is 2.34. The first kappa shape index (κ1) is 16.9. The first-order chi connectivity index (χ1) is 12.8. The predicted octanol–water partition coefficient (Wildman–Crippen LogP) is 7.43. The molecule has 0 aliphatic rings. The van der Waals surface area contributed by atoms with Gasteiger partial charge in [-0.05, 0) is 82.2 Å². The summed E-state index contributed by atoms with van der Waals surface area (Å²) in [7, 11) is 0. The lowest BCUT2D eigenvalue weighted by atomic mass is 10.0. The van der Waals surface area contributed by atoms with E-state index in [0.717, 1.165) is 17.1 Å². The van der Waals surface area contributed by atoms with Gasteiger partial charge in [0.1, 0.15) is 0 Å². The zero-order chi connectivity index (χ0) is 17.8. The molecule has 0 saturated heterocycles. The molecular formula is C24H18IN. The fraction of sp³-hybridized carbons (Fsp3) is 0. The van der Waals surface area contributed by atoms with E-state index in [4.69, 9.17) is 0 Å². The van der Waals surface area contributed by atoms with Crippen molar-refractivity contribution in [2.75, 3.05) is 4.90 Å². The topological polar surface area (TPSA) is 3.24 Å². The van der Waals surface area contributed by atoms with Crippen LogP contribution in [-0.4, -0.2) is 0 Å². The van der Waals surface area contributed by atoms with E-state index < -0.39 is 0 Å². The van der Waals surface area contributed by atoms with Crippen LogP contribution in [0, 0.1) is 3.57 Å². The van der Waals surface area contributed by atoms with E-state index in [-0.39, 0.29) is 0 Å². The van der Waals surface area contributed by atoms with Crippen LogP contribution in [0.2, 0.25) is 0 Å². The molecule has 4 aromatic carbocycles. The lowest BCUT2D eigenvalue weighted by Crippen LogP contribution is -2.09. The van der Waals surface area contributed by atoms with Gasteiger partial charge in [-0.25, -0.2) is 0 Å². The lowest BCUT2D eigenvalue weighted by molar-refractivity contribution is 1.28. The average Bonchev–Trinajstić information content (AvgIpc) is 2.71.